The van der Waals surface area contributed by atoms with Crippen molar-refractivity contribution in [3.05, 3.63) is 0 Å². The van der Waals surface area contributed by atoms with E-state index >= 15 is 0 Å². The Balaban J connectivity index is 4.59. The van der Waals surface area contributed by atoms with Crippen molar-refractivity contribution in [2.75, 3.05) is 0 Å². The monoisotopic (exact) mass is 320 g/mol. The summed E-state index contributed by atoms with van der Waals surface area (Å²) >= 11 is -1.76. The number of hydrogen-bond donors (Lipinski definition) is 0. The average Bonchev–Trinajstić information content (AvgIpc) is 1.99. The summed E-state index contributed by atoms with van der Waals surface area (Å²) in [7, 11) is 0. The molecule has 0 unspecified atom stereocenters. The molecule has 0 aliphatic rings. The average molecular weight is 319 g/mol. The molecule has 0 aromatic rings. The van der Waals surface area contributed by atoms with Gasteiger partial charge in [0.05, 0.1) is 0 Å². The summed E-state index contributed by atoms with van der Waals surface area (Å²) in [5, 5.41) is 0. The van der Waals surface area contributed by atoms with Crippen LogP contribution in [0.15, 0.2) is 0 Å². The van der Waals surface area contributed by atoms with Crippen LogP contribution < -0.4 is 0 Å². The van der Waals surface area contributed by atoms with Gasteiger partial charge >= 0.3 is 102 Å². The normalized spacial score (nSPS) is 13.2. The fraction of sp³-hybridized carbons (Fsp3) is 1.00. The van der Waals surface area contributed by atoms with Gasteiger partial charge in [0.15, 0.2) is 0 Å². The van der Waals surface area contributed by atoms with E-state index in [-0.39, 0.29) is 0 Å². The third-order valence-corrected chi connectivity index (χ3v) is 22.0. The summed E-state index contributed by atoms with van der Waals surface area (Å²) in [4.78, 5) is 0. The first kappa shape index (κ1) is 15.8. The molecule has 0 rings (SSSR count). The van der Waals surface area contributed by atoms with Crippen LogP contribution in [0, 0.1) is 17.8 Å². The third kappa shape index (κ3) is 6.86. The van der Waals surface area contributed by atoms with Gasteiger partial charge in [0.1, 0.15) is 0 Å². The van der Waals surface area contributed by atoms with Crippen molar-refractivity contribution in [3.63, 3.8) is 0 Å². The van der Waals surface area contributed by atoms with Gasteiger partial charge in [-0.1, -0.05) is 0 Å². The van der Waals surface area contributed by atoms with Crippen molar-refractivity contribution in [3.8, 4) is 0 Å². The Bertz CT molecular complexity index is 132. The minimum atomic E-state index is -1.76. The molecule has 0 amide bonds. The Kier molecular flexibility index (Phi) is 7.57. The van der Waals surface area contributed by atoms with Crippen LogP contribution in [0.5, 0.6) is 0 Å². The summed E-state index contributed by atoms with van der Waals surface area (Å²) in [6, 6.07) is 0. The van der Waals surface area contributed by atoms with Crippen molar-refractivity contribution in [2.45, 2.75) is 66.2 Å². The van der Waals surface area contributed by atoms with Crippen molar-refractivity contribution < 1.29 is 0 Å². The fourth-order valence-corrected chi connectivity index (χ4v) is 22.0. The van der Waals surface area contributed by atoms with E-state index in [1.807, 2.05) is 0 Å². The summed E-state index contributed by atoms with van der Waals surface area (Å²) in [5.41, 5.74) is 0. The van der Waals surface area contributed by atoms with Crippen LogP contribution in [-0.4, -0.2) is 18.4 Å². The van der Waals surface area contributed by atoms with E-state index < -0.39 is 18.4 Å². The summed E-state index contributed by atoms with van der Waals surface area (Å²) in [5.74, 6) is 2.79. The predicted octanol–water partition coefficient (Wildman–Crippen LogP) is 5.42. The molecule has 0 aliphatic heterocycles. The molecule has 0 fully saturated rings. The van der Waals surface area contributed by atoms with Crippen molar-refractivity contribution in [2.24, 2.45) is 17.8 Å². The molecule has 0 aromatic carbocycles. The van der Waals surface area contributed by atoms with Gasteiger partial charge < -0.3 is 0 Å². The molecule has 0 N–H and O–H groups in total. The predicted molar refractivity (Wildman–Crippen MR) is 75.2 cm³/mol. The van der Waals surface area contributed by atoms with Gasteiger partial charge in [0.2, 0.25) is 0 Å². The van der Waals surface area contributed by atoms with Crippen LogP contribution in [0.4, 0.5) is 0 Å². The SMILES string of the molecule is C[CH2][Sn]([CH2]C(C)C)([CH2]C(C)C)[CH2]C(C)C. The second-order valence-corrected chi connectivity index (χ2v) is 20.7. The van der Waals surface area contributed by atoms with Gasteiger partial charge in [-0.2, -0.15) is 0 Å². The van der Waals surface area contributed by atoms with Gasteiger partial charge in [-0.15, -0.1) is 0 Å². The van der Waals surface area contributed by atoms with Gasteiger partial charge in [-0.05, 0) is 0 Å². The Hall–Kier alpha value is 0.799. The Labute approximate surface area is 102 Å². The Morgan fingerprint density at radius 3 is 1.07 bits per heavy atom. The molecular weight excluding hydrogens is 287 g/mol. The van der Waals surface area contributed by atoms with E-state index in [1.165, 1.54) is 0 Å². The van der Waals surface area contributed by atoms with Gasteiger partial charge in [0, 0.05) is 0 Å². The Morgan fingerprint density at radius 2 is 0.933 bits per heavy atom. The van der Waals surface area contributed by atoms with Crippen LogP contribution in [0.25, 0.3) is 0 Å². The van der Waals surface area contributed by atoms with Crippen molar-refractivity contribution in [1.29, 1.82) is 0 Å². The first-order valence-corrected chi connectivity index (χ1v) is 14.9. The molecule has 0 aromatic heterocycles. The van der Waals surface area contributed by atoms with Crippen molar-refractivity contribution in [1.82, 2.24) is 0 Å². The van der Waals surface area contributed by atoms with Gasteiger partial charge in [0.25, 0.3) is 0 Å². The van der Waals surface area contributed by atoms with E-state index in [2.05, 4.69) is 48.5 Å². The van der Waals surface area contributed by atoms with Crippen LogP contribution in [-0.2, 0) is 0 Å². The van der Waals surface area contributed by atoms with E-state index in [9.17, 15) is 0 Å². The van der Waals surface area contributed by atoms with E-state index in [0.717, 1.165) is 17.8 Å². The molecule has 0 saturated heterocycles. The molecule has 0 aliphatic carbocycles. The molecule has 0 radical (unpaired) electrons. The molecule has 1 heteroatoms. The quantitative estimate of drug-likeness (QED) is 0.549. The zero-order valence-electron chi connectivity index (χ0n) is 12.1. The topological polar surface area (TPSA) is 0 Å². The van der Waals surface area contributed by atoms with Crippen LogP contribution >= 0.6 is 0 Å². The summed E-state index contributed by atoms with van der Waals surface area (Å²) in [6.45, 7) is 17.0. The molecule has 0 nitrogen and oxygen atoms in total. The van der Waals surface area contributed by atoms with E-state index in [4.69, 9.17) is 0 Å². The maximum absolute atomic E-state index is 2.48. The molecule has 0 atom stereocenters. The molecule has 0 saturated carbocycles. The van der Waals surface area contributed by atoms with Crippen LogP contribution in [0.3, 0.4) is 0 Å². The van der Waals surface area contributed by atoms with Crippen LogP contribution in [0.2, 0.25) is 17.7 Å². The minimum absolute atomic E-state index is 0.929. The fourth-order valence-electron chi connectivity index (χ4n) is 3.28. The molecule has 92 valence electrons. The molecule has 15 heavy (non-hydrogen) atoms. The molecule has 0 bridgehead atoms. The Morgan fingerprint density at radius 1 is 0.667 bits per heavy atom. The van der Waals surface area contributed by atoms with Gasteiger partial charge in [-0.3, -0.25) is 0 Å². The summed E-state index contributed by atoms with van der Waals surface area (Å²) < 4.78 is 6.40. The van der Waals surface area contributed by atoms with Gasteiger partial charge in [-0.25, -0.2) is 0 Å². The molecule has 0 heterocycles. The summed E-state index contributed by atoms with van der Waals surface area (Å²) in [6.07, 6.45) is 0. The standard InChI is InChI=1S/3C4H9.C2H5.Sn/c3*1-4(2)3;1-2;/h3*4H,1H2,2-3H3;1H2,2H3;. The molecule has 0 spiro atoms. The van der Waals surface area contributed by atoms with Crippen LogP contribution in [0.1, 0.15) is 48.5 Å². The zero-order chi connectivity index (χ0) is 12.1. The first-order chi connectivity index (χ1) is 6.81. The number of hydrogen-bond acceptors (Lipinski definition) is 0. The van der Waals surface area contributed by atoms with E-state index in [1.54, 1.807) is 17.7 Å². The number of rotatable bonds is 7. The zero-order valence-corrected chi connectivity index (χ0v) is 14.9. The van der Waals surface area contributed by atoms with E-state index in [0.29, 0.717) is 0 Å². The maximum atomic E-state index is 2.48. The second kappa shape index (κ2) is 7.19. The molecular formula is C14H32Sn. The second-order valence-electron chi connectivity index (χ2n) is 6.65. The van der Waals surface area contributed by atoms with Crippen molar-refractivity contribution >= 4 is 18.4 Å². The first-order valence-electron chi connectivity index (χ1n) is 6.81. The third-order valence-electron chi connectivity index (χ3n) is 3.27.